The highest BCUT2D eigenvalue weighted by molar-refractivity contribution is 5.80. The Bertz CT molecular complexity index is 885. The number of ether oxygens (including phenoxy) is 1. The first-order valence-electron chi connectivity index (χ1n) is 10.0. The summed E-state index contributed by atoms with van der Waals surface area (Å²) in [6.07, 6.45) is 5.64. The Morgan fingerprint density at radius 3 is 2.68 bits per heavy atom. The third-order valence-electron chi connectivity index (χ3n) is 5.49. The summed E-state index contributed by atoms with van der Waals surface area (Å²) >= 11 is 0. The number of amides is 1. The molecular weight excluding hydrogens is 354 g/mol. The molecule has 0 bridgehead atoms. The van der Waals surface area contributed by atoms with Gasteiger partial charge in [-0.2, -0.15) is 0 Å². The maximum Gasteiger partial charge on any atom is 0.260 e. The van der Waals surface area contributed by atoms with Crippen molar-refractivity contribution in [2.45, 2.75) is 65.0 Å². The standard InChI is InChI=1S/C22H29N3O3/c1-15-8-9-19(12-16(15)2)28-17(3)22(27)23-10-11-25-14-24-20(13-21(25)26)18-6-4-5-7-18/h8-9,12-14,17-18H,4-7,10-11H2,1-3H3,(H,23,27). The van der Waals surface area contributed by atoms with Crippen molar-refractivity contribution < 1.29 is 9.53 Å². The molecule has 1 atom stereocenters. The van der Waals surface area contributed by atoms with Gasteiger partial charge in [0, 0.05) is 25.1 Å². The molecule has 1 saturated carbocycles. The Morgan fingerprint density at radius 2 is 2.00 bits per heavy atom. The molecule has 1 N–H and O–H groups in total. The minimum atomic E-state index is -0.610. The van der Waals surface area contributed by atoms with Gasteiger partial charge < -0.3 is 10.1 Å². The minimum Gasteiger partial charge on any atom is -0.481 e. The van der Waals surface area contributed by atoms with E-state index in [1.54, 1.807) is 19.3 Å². The Morgan fingerprint density at radius 1 is 1.25 bits per heavy atom. The molecule has 150 valence electrons. The van der Waals surface area contributed by atoms with Gasteiger partial charge in [-0.3, -0.25) is 14.2 Å². The van der Waals surface area contributed by atoms with E-state index in [1.807, 2.05) is 32.0 Å². The highest BCUT2D eigenvalue weighted by Crippen LogP contribution is 2.32. The molecule has 1 heterocycles. The third-order valence-corrected chi connectivity index (χ3v) is 5.49. The Kier molecular flexibility index (Phi) is 6.49. The predicted octanol–water partition coefficient (Wildman–Crippen LogP) is 3.10. The zero-order valence-electron chi connectivity index (χ0n) is 16.9. The van der Waals surface area contributed by atoms with Crippen molar-refractivity contribution in [2.75, 3.05) is 6.54 Å². The second-order valence-corrected chi connectivity index (χ2v) is 7.62. The zero-order valence-corrected chi connectivity index (χ0v) is 16.9. The molecule has 28 heavy (non-hydrogen) atoms. The van der Waals surface area contributed by atoms with E-state index in [9.17, 15) is 9.59 Å². The smallest absolute Gasteiger partial charge is 0.260 e. The monoisotopic (exact) mass is 383 g/mol. The molecule has 0 aliphatic heterocycles. The Balaban J connectivity index is 1.49. The summed E-state index contributed by atoms with van der Waals surface area (Å²) < 4.78 is 7.25. The van der Waals surface area contributed by atoms with Crippen molar-refractivity contribution >= 4 is 5.91 Å². The van der Waals surface area contributed by atoms with Crippen LogP contribution >= 0.6 is 0 Å². The Hall–Kier alpha value is -2.63. The fourth-order valence-electron chi connectivity index (χ4n) is 3.54. The maximum absolute atomic E-state index is 12.3. The van der Waals surface area contributed by atoms with Gasteiger partial charge in [-0.05, 0) is 56.9 Å². The van der Waals surface area contributed by atoms with Crippen LogP contribution in [0.1, 0.15) is 55.3 Å². The first-order chi connectivity index (χ1) is 13.4. The number of carbonyl (C=O) groups is 1. The molecule has 1 fully saturated rings. The lowest BCUT2D eigenvalue weighted by atomic mass is 10.0. The number of carbonyl (C=O) groups excluding carboxylic acids is 1. The molecule has 3 rings (SSSR count). The molecule has 0 radical (unpaired) electrons. The number of nitrogens with zero attached hydrogens (tertiary/aromatic N) is 2. The van der Waals surface area contributed by atoms with Gasteiger partial charge in [0.1, 0.15) is 5.75 Å². The Labute approximate surface area is 165 Å². The maximum atomic E-state index is 12.3. The van der Waals surface area contributed by atoms with E-state index < -0.39 is 6.10 Å². The summed E-state index contributed by atoms with van der Waals surface area (Å²) in [5.74, 6) is 0.890. The number of nitrogens with one attached hydrogen (secondary N) is 1. The van der Waals surface area contributed by atoms with Crippen molar-refractivity contribution in [1.82, 2.24) is 14.9 Å². The van der Waals surface area contributed by atoms with Crippen molar-refractivity contribution in [3.8, 4) is 5.75 Å². The van der Waals surface area contributed by atoms with Gasteiger partial charge in [-0.1, -0.05) is 18.9 Å². The number of benzene rings is 1. The predicted molar refractivity (Wildman–Crippen MR) is 109 cm³/mol. The summed E-state index contributed by atoms with van der Waals surface area (Å²) in [5.41, 5.74) is 3.14. The molecule has 0 saturated heterocycles. The van der Waals surface area contributed by atoms with Gasteiger partial charge in [0.25, 0.3) is 11.5 Å². The molecule has 1 aliphatic carbocycles. The van der Waals surface area contributed by atoms with Gasteiger partial charge in [0.2, 0.25) is 0 Å². The molecule has 1 aliphatic rings. The quantitative estimate of drug-likeness (QED) is 0.797. The van der Waals surface area contributed by atoms with Crippen LogP contribution in [0, 0.1) is 13.8 Å². The van der Waals surface area contributed by atoms with Gasteiger partial charge in [-0.15, -0.1) is 0 Å². The van der Waals surface area contributed by atoms with E-state index >= 15 is 0 Å². The van der Waals surface area contributed by atoms with Crippen LogP contribution in [0.2, 0.25) is 0 Å². The van der Waals surface area contributed by atoms with E-state index in [2.05, 4.69) is 10.3 Å². The lowest BCUT2D eigenvalue weighted by molar-refractivity contribution is -0.127. The van der Waals surface area contributed by atoms with E-state index in [0.29, 0.717) is 24.8 Å². The van der Waals surface area contributed by atoms with E-state index in [4.69, 9.17) is 4.74 Å². The van der Waals surface area contributed by atoms with Crippen molar-refractivity contribution in [3.63, 3.8) is 0 Å². The lowest BCUT2D eigenvalue weighted by Gasteiger charge is -2.16. The molecule has 1 aromatic carbocycles. The number of hydrogen-bond donors (Lipinski definition) is 1. The molecule has 1 unspecified atom stereocenters. The molecule has 6 heteroatoms. The molecule has 6 nitrogen and oxygen atoms in total. The SMILES string of the molecule is Cc1ccc(OC(C)C(=O)NCCn2cnc(C3CCCC3)cc2=O)cc1C. The van der Waals surface area contributed by atoms with Crippen molar-refractivity contribution in [2.24, 2.45) is 0 Å². The summed E-state index contributed by atoms with van der Waals surface area (Å²) in [5, 5.41) is 2.82. The largest absolute Gasteiger partial charge is 0.481 e. The lowest BCUT2D eigenvalue weighted by Crippen LogP contribution is -2.39. The summed E-state index contributed by atoms with van der Waals surface area (Å²) in [7, 11) is 0. The normalized spacial score (nSPS) is 15.4. The van der Waals surface area contributed by atoms with Crippen molar-refractivity contribution in [1.29, 1.82) is 0 Å². The number of hydrogen-bond acceptors (Lipinski definition) is 4. The summed E-state index contributed by atoms with van der Waals surface area (Å²) in [6.45, 7) is 6.50. The van der Waals surface area contributed by atoms with Crippen LogP contribution in [-0.4, -0.2) is 28.1 Å². The van der Waals surface area contributed by atoms with Gasteiger partial charge >= 0.3 is 0 Å². The van der Waals surface area contributed by atoms with Crippen LogP contribution in [0.3, 0.4) is 0 Å². The van der Waals surface area contributed by atoms with Gasteiger partial charge in [0.05, 0.1) is 12.0 Å². The van der Waals surface area contributed by atoms with Gasteiger partial charge in [-0.25, -0.2) is 4.98 Å². The minimum absolute atomic E-state index is 0.0643. The van der Waals surface area contributed by atoms with Crippen LogP contribution in [0.4, 0.5) is 0 Å². The van der Waals surface area contributed by atoms with Crippen molar-refractivity contribution in [3.05, 3.63) is 57.8 Å². The second kappa shape index (κ2) is 9.04. The first-order valence-corrected chi connectivity index (χ1v) is 10.0. The van der Waals surface area contributed by atoms with Crippen LogP contribution < -0.4 is 15.6 Å². The van der Waals surface area contributed by atoms with Crippen LogP contribution in [0.5, 0.6) is 5.75 Å². The molecule has 1 amide bonds. The van der Waals surface area contributed by atoms with Crippen LogP contribution in [0.15, 0.2) is 35.4 Å². The molecule has 0 spiro atoms. The highest BCUT2D eigenvalue weighted by Gasteiger charge is 2.19. The topological polar surface area (TPSA) is 73.2 Å². The molecule has 1 aromatic heterocycles. The molecule has 2 aromatic rings. The first kappa shape index (κ1) is 20.1. The summed E-state index contributed by atoms with van der Waals surface area (Å²) in [4.78, 5) is 29.0. The fraction of sp³-hybridized carbons (Fsp3) is 0.500. The second-order valence-electron chi connectivity index (χ2n) is 7.62. The fourth-order valence-corrected chi connectivity index (χ4v) is 3.54. The average Bonchev–Trinajstić information content (AvgIpc) is 3.20. The number of rotatable bonds is 7. The average molecular weight is 383 g/mol. The summed E-state index contributed by atoms with van der Waals surface area (Å²) in [6, 6.07) is 7.41. The van der Waals surface area contributed by atoms with Crippen LogP contribution in [-0.2, 0) is 11.3 Å². The van der Waals surface area contributed by atoms with Crippen LogP contribution in [0.25, 0.3) is 0 Å². The van der Waals surface area contributed by atoms with E-state index in [-0.39, 0.29) is 11.5 Å². The number of aryl methyl sites for hydroxylation is 2. The third kappa shape index (κ3) is 5.00. The van der Waals surface area contributed by atoms with E-state index in [1.165, 1.54) is 23.0 Å². The van der Waals surface area contributed by atoms with Gasteiger partial charge in [0.15, 0.2) is 6.10 Å². The van der Waals surface area contributed by atoms with E-state index in [0.717, 1.165) is 24.1 Å². The zero-order chi connectivity index (χ0) is 20.1. The highest BCUT2D eigenvalue weighted by atomic mass is 16.5. The number of aromatic nitrogens is 2. The molecular formula is C22H29N3O3.